The zero-order chi connectivity index (χ0) is 19.9. The van der Waals surface area contributed by atoms with E-state index in [4.69, 9.17) is 10.5 Å². The minimum absolute atomic E-state index is 0. The predicted molar refractivity (Wildman–Crippen MR) is 115 cm³/mol. The minimum Gasteiger partial charge on any atom is -0.489 e. The van der Waals surface area contributed by atoms with Crippen LogP contribution in [0.3, 0.4) is 0 Å². The first-order valence-electron chi connectivity index (χ1n) is 9.62. The van der Waals surface area contributed by atoms with Crippen LogP contribution in [0.1, 0.15) is 29.3 Å². The topological polar surface area (TPSA) is 75.9 Å². The second-order valence-electron chi connectivity index (χ2n) is 7.15. The van der Waals surface area contributed by atoms with Crippen LogP contribution in [-0.4, -0.2) is 53.8 Å². The SMILES string of the molecule is CC(N)CC(=O)N1CCN(C(=O)c2ccc(OCc3ccccc3)cc2)CC1.Cl. The number of nitrogens with zero attached hydrogens (tertiary/aromatic N) is 2. The van der Waals surface area contributed by atoms with E-state index in [9.17, 15) is 9.59 Å². The van der Waals surface area contributed by atoms with Crippen molar-refractivity contribution in [2.24, 2.45) is 5.73 Å². The van der Waals surface area contributed by atoms with E-state index in [0.717, 1.165) is 11.3 Å². The highest BCUT2D eigenvalue weighted by molar-refractivity contribution is 5.94. The molecule has 0 saturated carbocycles. The lowest BCUT2D eigenvalue weighted by Gasteiger charge is -2.35. The Morgan fingerprint density at radius 1 is 0.966 bits per heavy atom. The first kappa shape index (κ1) is 22.7. The van der Waals surface area contributed by atoms with E-state index >= 15 is 0 Å². The fraction of sp³-hybridized carbons (Fsp3) is 0.364. The largest absolute Gasteiger partial charge is 0.489 e. The van der Waals surface area contributed by atoms with Gasteiger partial charge in [-0.1, -0.05) is 30.3 Å². The van der Waals surface area contributed by atoms with Crippen LogP contribution in [0, 0.1) is 0 Å². The molecular formula is C22H28ClN3O3. The molecule has 2 aromatic carbocycles. The Bertz CT molecular complexity index is 789. The Balaban J connectivity index is 0.00000300. The van der Waals surface area contributed by atoms with Crippen molar-refractivity contribution in [3.8, 4) is 5.75 Å². The van der Waals surface area contributed by atoms with Crippen molar-refractivity contribution in [2.75, 3.05) is 26.2 Å². The molecule has 2 N–H and O–H groups in total. The van der Waals surface area contributed by atoms with Crippen LogP contribution in [-0.2, 0) is 11.4 Å². The third-order valence-electron chi connectivity index (χ3n) is 4.77. The van der Waals surface area contributed by atoms with E-state index in [1.165, 1.54) is 0 Å². The molecule has 1 saturated heterocycles. The third-order valence-corrected chi connectivity index (χ3v) is 4.77. The standard InChI is InChI=1S/C22H27N3O3.ClH/c1-17(23)15-21(26)24-11-13-25(14-12-24)22(27)19-7-9-20(10-8-19)28-16-18-5-3-2-4-6-18;/h2-10,17H,11-16,23H2,1H3;1H. The smallest absolute Gasteiger partial charge is 0.253 e. The van der Waals surface area contributed by atoms with Gasteiger partial charge in [0.1, 0.15) is 12.4 Å². The Kier molecular flexibility index (Phi) is 8.49. The van der Waals surface area contributed by atoms with Gasteiger partial charge >= 0.3 is 0 Å². The molecule has 1 aliphatic heterocycles. The maximum absolute atomic E-state index is 12.7. The summed E-state index contributed by atoms with van der Waals surface area (Å²) >= 11 is 0. The Labute approximate surface area is 178 Å². The number of rotatable bonds is 6. The van der Waals surface area contributed by atoms with E-state index in [1.54, 1.807) is 21.9 Å². The van der Waals surface area contributed by atoms with Gasteiger partial charge in [0.2, 0.25) is 5.91 Å². The van der Waals surface area contributed by atoms with Crippen LogP contribution in [0.2, 0.25) is 0 Å². The second-order valence-corrected chi connectivity index (χ2v) is 7.15. The van der Waals surface area contributed by atoms with Crippen molar-refractivity contribution in [3.63, 3.8) is 0 Å². The molecule has 1 unspecified atom stereocenters. The van der Waals surface area contributed by atoms with Gasteiger partial charge in [0, 0.05) is 44.2 Å². The van der Waals surface area contributed by atoms with Crippen LogP contribution in [0.5, 0.6) is 5.75 Å². The number of carbonyl (C=O) groups is 2. The molecule has 7 heteroatoms. The molecule has 0 bridgehead atoms. The van der Waals surface area contributed by atoms with Gasteiger partial charge in [-0.3, -0.25) is 9.59 Å². The molecule has 1 atom stereocenters. The van der Waals surface area contributed by atoms with E-state index in [1.807, 2.05) is 49.4 Å². The molecule has 0 aliphatic carbocycles. The number of carbonyl (C=O) groups excluding carboxylic acids is 2. The Morgan fingerprint density at radius 3 is 2.14 bits per heavy atom. The van der Waals surface area contributed by atoms with Crippen LogP contribution < -0.4 is 10.5 Å². The number of nitrogens with two attached hydrogens (primary N) is 1. The van der Waals surface area contributed by atoms with Crippen molar-refractivity contribution in [1.29, 1.82) is 0 Å². The van der Waals surface area contributed by atoms with Crippen LogP contribution in [0.15, 0.2) is 54.6 Å². The summed E-state index contributed by atoms with van der Waals surface area (Å²) < 4.78 is 5.77. The van der Waals surface area contributed by atoms with Crippen LogP contribution >= 0.6 is 12.4 Å². The van der Waals surface area contributed by atoms with Crippen molar-refractivity contribution < 1.29 is 14.3 Å². The summed E-state index contributed by atoms with van der Waals surface area (Å²) in [7, 11) is 0. The molecule has 2 amide bonds. The molecule has 0 spiro atoms. The van der Waals surface area contributed by atoms with Gasteiger partial charge in [-0.15, -0.1) is 12.4 Å². The van der Waals surface area contributed by atoms with Gasteiger partial charge in [-0.25, -0.2) is 0 Å². The molecule has 0 radical (unpaired) electrons. The number of ether oxygens (including phenoxy) is 1. The highest BCUT2D eigenvalue weighted by Crippen LogP contribution is 2.16. The molecular weight excluding hydrogens is 390 g/mol. The van der Waals surface area contributed by atoms with E-state index in [-0.39, 0.29) is 30.3 Å². The monoisotopic (exact) mass is 417 g/mol. The second kappa shape index (κ2) is 10.8. The van der Waals surface area contributed by atoms with Crippen molar-refractivity contribution in [2.45, 2.75) is 26.0 Å². The molecule has 3 rings (SSSR count). The summed E-state index contributed by atoms with van der Waals surface area (Å²) in [5.41, 5.74) is 7.42. The quantitative estimate of drug-likeness (QED) is 0.784. The summed E-state index contributed by atoms with van der Waals surface area (Å²) in [5, 5.41) is 0. The van der Waals surface area contributed by atoms with Crippen molar-refractivity contribution in [1.82, 2.24) is 9.80 Å². The number of halogens is 1. The summed E-state index contributed by atoms with van der Waals surface area (Å²) in [6.45, 7) is 4.49. The molecule has 1 aliphatic rings. The summed E-state index contributed by atoms with van der Waals surface area (Å²) in [6.07, 6.45) is 0.346. The normalized spacial score (nSPS) is 14.7. The lowest BCUT2D eigenvalue weighted by atomic mass is 10.1. The maximum Gasteiger partial charge on any atom is 0.253 e. The summed E-state index contributed by atoms with van der Waals surface area (Å²) in [6, 6.07) is 17.0. The van der Waals surface area contributed by atoms with Crippen molar-refractivity contribution >= 4 is 24.2 Å². The predicted octanol–water partition coefficient (Wildman–Crippen LogP) is 2.71. The van der Waals surface area contributed by atoms with Crippen molar-refractivity contribution in [3.05, 3.63) is 65.7 Å². The fourth-order valence-corrected chi connectivity index (χ4v) is 3.18. The zero-order valence-corrected chi connectivity index (χ0v) is 17.4. The van der Waals surface area contributed by atoms with Gasteiger partial charge in [0.05, 0.1) is 0 Å². The summed E-state index contributed by atoms with van der Waals surface area (Å²) in [4.78, 5) is 28.4. The lowest BCUT2D eigenvalue weighted by Crippen LogP contribution is -2.51. The fourth-order valence-electron chi connectivity index (χ4n) is 3.18. The number of piperazine rings is 1. The van der Waals surface area contributed by atoms with E-state index in [2.05, 4.69) is 0 Å². The molecule has 6 nitrogen and oxygen atoms in total. The van der Waals surface area contributed by atoms with Gasteiger partial charge in [-0.05, 0) is 36.8 Å². The molecule has 0 aromatic heterocycles. The molecule has 1 fully saturated rings. The lowest BCUT2D eigenvalue weighted by molar-refractivity contribution is -0.132. The van der Waals surface area contributed by atoms with Gasteiger partial charge in [0.15, 0.2) is 0 Å². The average molecular weight is 418 g/mol. The van der Waals surface area contributed by atoms with Gasteiger partial charge in [0.25, 0.3) is 5.91 Å². The minimum atomic E-state index is -0.144. The van der Waals surface area contributed by atoms with E-state index in [0.29, 0.717) is 44.8 Å². The Morgan fingerprint density at radius 2 is 1.55 bits per heavy atom. The summed E-state index contributed by atoms with van der Waals surface area (Å²) in [5.74, 6) is 0.766. The Hall–Kier alpha value is -2.57. The van der Waals surface area contributed by atoms with Crippen LogP contribution in [0.25, 0.3) is 0 Å². The van der Waals surface area contributed by atoms with Gasteiger partial charge < -0.3 is 20.3 Å². The zero-order valence-electron chi connectivity index (χ0n) is 16.6. The molecule has 156 valence electrons. The average Bonchev–Trinajstić information content (AvgIpc) is 2.72. The molecule has 1 heterocycles. The number of amides is 2. The van der Waals surface area contributed by atoms with Gasteiger partial charge in [-0.2, -0.15) is 0 Å². The maximum atomic E-state index is 12.7. The number of benzene rings is 2. The third kappa shape index (κ3) is 6.48. The number of hydrogen-bond donors (Lipinski definition) is 1. The highest BCUT2D eigenvalue weighted by Gasteiger charge is 2.25. The van der Waals surface area contributed by atoms with Crippen LogP contribution in [0.4, 0.5) is 0 Å². The molecule has 29 heavy (non-hydrogen) atoms. The van der Waals surface area contributed by atoms with E-state index < -0.39 is 0 Å². The first-order valence-corrected chi connectivity index (χ1v) is 9.62. The first-order chi connectivity index (χ1) is 13.5. The molecule has 2 aromatic rings. The number of hydrogen-bond acceptors (Lipinski definition) is 4. The highest BCUT2D eigenvalue weighted by atomic mass is 35.5.